The fourth-order valence-corrected chi connectivity index (χ4v) is 2.52. The smallest absolute Gasteiger partial charge is 0.127 e. The second-order valence-corrected chi connectivity index (χ2v) is 5.18. The lowest BCUT2D eigenvalue weighted by molar-refractivity contribution is 0.190. The number of imidazole rings is 1. The maximum absolute atomic E-state index is 6.31. The molecule has 1 unspecified atom stereocenters. The summed E-state index contributed by atoms with van der Waals surface area (Å²) in [6.07, 6.45) is 7.96. The normalized spacial score (nSPS) is 16.9. The highest BCUT2D eigenvalue weighted by Gasteiger charge is 2.29. The van der Waals surface area contributed by atoms with Gasteiger partial charge < -0.3 is 15.0 Å². The van der Waals surface area contributed by atoms with E-state index >= 15 is 0 Å². The molecule has 2 N–H and O–H groups in total. The molecule has 2 aromatic rings. The zero-order chi connectivity index (χ0) is 13.2. The van der Waals surface area contributed by atoms with Crippen LogP contribution in [0.4, 0.5) is 0 Å². The van der Waals surface area contributed by atoms with E-state index in [1.54, 1.807) is 7.11 Å². The van der Waals surface area contributed by atoms with E-state index in [2.05, 4.69) is 14.5 Å². The van der Waals surface area contributed by atoms with Crippen LogP contribution in [-0.4, -0.2) is 28.3 Å². The number of hydrogen-bond acceptors (Lipinski definition) is 4. The fourth-order valence-electron chi connectivity index (χ4n) is 2.52. The molecule has 0 saturated heterocycles. The first-order chi connectivity index (χ1) is 9.31. The Labute approximate surface area is 112 Å². The van der Waals surface area contributed by atoms with Crippen molar-refractivity contribution in [3.05, 3.63) is 24.3 Å². The molecule has 0 aliphatic heterocycles. The molecule has 0 aromatic carbocycles. The summed E-state index contributed by atoms with van der Waals surface area (Å²) >= 11 is 0. The van der Waals surface area contributed by atoms with E-state index in [1.807, 2.05) is 18.5 Å². The number of ether oxygens (including phenoxy) is 1. The fraction of sp³-hybridized carbons (Fsp3) is 0.571. The van der Waals surface area contributed by atoms with Crippen LogP contribution in [-0.2, 0) is 4.74 Å². The van der Waals surface area contributed by atoms with Gasteiger partial charge in [-0.2, -0.15) is 0 Å². The van der Waals surface area contributed by atoms with Crippen LogP contribution in [0, 0.1) is 0 Å². The monoisotopic (exact) mass is 260 g/mol. The van der Waals surface area contributed by atoms with Crippen molar-refractivity contribution in [3.63, 3.8) is 0 Å². The molecule has 2 aromatic heterocycles. The van der Waals surface area contributed by atoms with Crippen LogP contribution in [0.15, 0.2) is 18.5 Å². The molecular weight excluding hydrogens is 240 g/mol. The molecule has 1 saturated carbocycles. The molecule has 102 valence electrons. The van der Waals surface area contributed by atoms with Crippen molar-refractivity contribution in [1.82, 2.24) is 14.5 Å². The Morgan fingerprint density at radius 3 is 3.11 bits per heavy atom. The number of aromatic nitrogens is 3. The number of hydrogen-bond donors (Lipinski definition) is 1. The van der Waals surface area contributed by atoms with Crippen molar-refractivity contribution in [2.24, 2.45) is 5.73 Å². The van der Waals surface area contributed by atoms with Gasteiger partial charge in [-0.25, -0.2) is 4.98 Å². The molecule has 1 aliphatic carbocycles. The molecular formula is C14H20N4O. The number of nitrogens with two attached hydrogens (primary N) is 1. The van der Waals surface area contributed by atoms with Gasteiger partial charge >= 0.3 is 0 Å². The maximum Gasteiger partial charge on any atom is 0.127 e. The van der Waals surface area contributed by atoms with E-state index in [1.165, 1.54) is 12.8 Å². The highest BCUT2D eigenvalue weighted by atomic mass is 16.5. The Morgan fingerprint density at radius 1 is 1.53 bits per heavy atom. The quantitative estimate of drug-likeness (QED) is 0.808. The Bertz CT molecular complexity index is 562. The van der Waals surface area contributed by atoms with Crippen molar-refractivity contribution in [2.45, 2.75) is 37.8 Å². The van der Waals surface area contributed by atoms with E-state index in [0.29, 0.717) is 6.04 Å². The second kappa shape index (κ2) is 5.27. The van der Waals surface area contributed by atoms with E-state index in [9.17, 15) is 0 Å². The summed E-state index contributed by atoms with van der Waals surface area (Å²) in [5.41, 5.74) is 8.42. The molecule has 0 amide bonds. The minimum absolute atomic E-state index is 0.0249. The Morgan fingerprint density at radius 2 is 2.37 bits per heavy atom. The Kier molecular flexibility index (Phi) is 3.48. The van der Waals surface area contributed by atoms with Crippen molar-refractivity contribution >= 4 is 11.0 Å². The number of methoxy groups -OCH3 is 1. The SMILES string of the molecule is COCCCC(N)c1nc2cnccc2n1C1CC1. The summed E-state index contributed by atoms with van der Waals surface area (Å²) in [6.45, 7) is 0.749. The van der Waals surface area contributed by atoms with Crippen LogP contribution >= 0.6 is 0 Å². The van der Waals surface area contributed by atoms with Crippen molar-refractivity contribution in [3.8, 4) is 0 Å². The first kappa shape index (κ1) is 12.6. The third-order valence-corrected chi connectivity index (χ3v) is 3.63. The van der Waals surface area contributed by atoms with Crippen LogP contribution in [0.1, 0.15) is 43.6 Å². The molecule has 5 heteroatoms. The summed E-state index contributed by atoms with van der Waals surface area (Å²) < 4.78 is 7.40. The van der Waals surface area contributed by atoms with E-state index < -0.39 is 0 Å². The van der Waals surface area contributed by atoms with Crippen molar-refractivity contribution < 1.29 is 4.74 Å². The lowest BCUT2D eigenvalue weighted by Crippen LogP contribution is -2.17. The van der Waals surface area contributed by atoms with Crippen LogP contribution in [0.25, 0.3) is 11.0 Å². The van der Waals surface area contributed by atoms with Gasteiger partial charge in [-0.05, 0) is 31.7 Å². The average molecular weight is 260 g/mol. The molecule has 1 atom stereocenters. The first-order valence-electron chi connectivity index (χ1n) is 6.87. The number of nitrogens with zero attached hydrogens (tertiary/aromatic N) is 3. The second-order valence-electron chi connectivity index (χ2n) is 5.18. The minimum atomic E-state index is -0.0249. The minimum Gasteiger partial charge on any atom is -0.385 e. The van der Waals surface area contributed by atoms with Gasteiger partial charge in [0.1, 0.15) is 11.3 Å². The standard InChI is InChI=1S/C14H20N4O/c1-19-8-2-3-11(15)14-17-12-9-16-7-6-13(12)18(14)10-4-5-10/h6-7,9-11H,2-5,8,15H2,1H3. The van der Waals surface area contributed by atoms with Gasteiger partial charge in [-0.3, -0.25) is 4.98 Å². The van der Waals surface area contributed by atoms with E-state index in [-0.39, 0.29) is 6.04 Å². The van der Waals surface area contributed by atoms with Crippen LogP contribution in [0.3, 0.4) is 0 Å². The molecule has 3 rings (SSSR count). The highest BCUT2D eigenvalue weighted by molar-refractivity contribution is 5.75. The van der Waals surface area contributed by atoms with Crippen LogP contribution in [0.2, 0.25) is 0 Å². The molecule has 1 aliphatic rings. The van der Waals surface area contributed by atoms with Gasteiger partial charge in [0.05, 0.1) is 17.8 Å². The van der Waals surface area contributed by atoms with Gasteiger partial charge in [-0.1, -0.05) is 0 Å². The summed E-state index contributed by atoms with van der Waals surface area (Å²) in [7, 11) is 1.72. The zero-order valence-corrected chi connectivity index (χ0v) is 11.2. The molecule has 0 spiro atoms. The van der Waals surface area contributed by atoms with E-state index in [0.717, 1.165) is 36.3 Å². The summed E-state index contributed by atoms with van der Waals surface area (Å²) in [5.74, 6) is 1.00. The Balaban J connectivity index is 1.91. The lowest BCUT2D eigenvalue weighted by Gasteiger charge is -2.14. The Hall–Kier alpha value is -1.46. The van der Waals surface area contributed by atoms with Crippen molar-refractivity contribution in [1.29, 1.82) is 0 Å². The van der Waals surface area contributed by atoms with Crippen LogP contribution in [0.5, 0.6) is 0 Å². The summed E-state index contributed by atoms with van der Waals surface area (Å²) in [4.78, 5) is 8.83. The summed E-state index contributed by atoms with van der Waals surface area (Å²) in [5, 5.41) is 0. The van der Waals surface area contributed by atoms with Gasteiger partial charge in [0.15, 0.2) is 0 Å². The molecule has 1 fully saturated rings. The van der Waals surface area contributed by atoms with Gasteiger partial charge in [0, 0.05) is 26.0 Å². The first-order valence-corrected chi connectivity index (χ1v) is 6.87. The lowest BCUT2D eigenvalue weighted by atomic mass is 10.1. The predicted molar refractivity (Wildman–Crippen MR) is 73.8 cm³/mol. The van der Waals surface area contributed by atoms with Gasteiger partial charge in [0.25, 0.3) is 0 Å². The number of rotatable bonds is 6. The van der Waals surface area contributed by atoms with Gasteiger partial charge in [0.2, 0.25) is 0 Å². The van der Waals surface area contributed by atoms with Gasteiger partial charge in [-0.15, -0.1) is 0 Å². The zero-order valence-electron chi connectivity index (χ0n) is 11.2. The number of fused-ring (bicyclic) bond motifs is 1. The maximum atomic E-state index is 6.31. The number of pyridine rings is 1. The average Bonchev–Trinajstić information content (AvgIpc) is 3.18. The predicted octanol–water partition coefficient (Wildman–Crippen LogP) is 2.19. The summed E-state index contributed by atoms with van der Waals surface area (Å²) in [6, 6.07) is 2.59. The molecule has 19 heavy (non-hydrogen) atoms. The van der Waals surface area contributed by atoms with Crippen LogP contribution < -0.4 is 5.73 Å². The molecule has 0 radical (unpaired) electrons. The topological polar surface area (TPSA) is 66.0 Å². The molecule has 2 heterocycles. The molecule has 5 nitrogen and oxygen atoms in total. The third kappa shape index (κ3) is 2.48. The molecule has 0 bridgehead atoms. The van der Waals surface area contributed by atoms with E-state index in [4.69, 9.17) is 10.5 Å². The highest BCUT2D eigenvalue weighted by Crippen LogP contribution is 2.39. The largest absolute Gasteiger partial charge is 0.385 e. The third-order valence-electron chi connectivity index (χ3n) is 3.63. The van der Waals surface area contributed by atoms with Crippen molar-refractivity contribution in [2.75, 3.05) is 13.7 Å².